The van der Waals surface area contributed by atoms with Gasteiger partial charge in [-0.1, -0.05) is 0 Å². The fourth-order valence-electron chi connectivity index (χ4n) is 0.933. The van der Waals surface area contributed by atoms with Crippen LogP contribution in [0, 0.1) is 14.9 Å². The Hall–Kier alpha value is -0.740. The zero-order valence-corrected chi connectivity index (χ0v) is 10.3. The standard InChI is InChI=1S/C9H6INO2S/c1-13-9(12)6-3-7(10)8(14)2-5(6)4-11/h2-3,14H,1H3. The van der Waals surface area contributed by atoms with Gasteiger partial charge < -0.3 is 4.74 Å². The lowest BCUT2D eigenvalue weighted by atomic mass is 10.1. The van der Waals surface area contributed by atoms with E-state index in [4.69, 9.17) is 5.26 Å². The normalized spacial score (nSPS) is 9.29. The first-order chi connectivity index (χ1) is 6.60. The maximum atomic E-state index is 11.3. The van der Waals surface area contributed by atoms with Crippen molar-refractivity contribution in [2.75, 3.05) is 7.11 Å². The number of hydrogen-bond acceptors (Lipinski definition) is 4. The average molecular weight is 319 g/mol. The van der Waals surface area contributed by atoms with Crippen LogP contribution in [0.3, 0.4) is 0 Å². The summed E-state index contributed by atoms with van der Waals surface area (Å²) in [5, 5.41) is 8.78. The molecular weight excluding hydrogens is 313 g/mol. The molecule has 0 amide bonds. The van der Waals surface area contributed by atoms with Crippen LogP contribution in [0.5, 0.6) is 0 Å². The number of carbonyl (C=O) groups excluding carboxylic acids is 1. The van der Waals surface area contributed by atoms with Gasteiger partial charge in [-0.05, 0) is 34.7 Å². The van der Waals surface area contributed by atoms with Gasteiger partial charge in [0, 0.05) is 8.47 Å². The number of esters is 1. The minimum absolute atomic E-state index is 0.275. The van der Waals surface area contributed by atoms with E-state index in [1.807, 2.05) is 28.7 Å². The summed E-state index contributed by atoms with van der Waals surface area (Å²) >= 11 is 6.19. The maximum Gasteiger partial charge on any atom is 0.339 e. The molecule has 3 nitrogen and oxygen atoms in total. The van der Waals surface area contributed by atoms with Crippen molar-refractivity contribution in [3.05, 3.63) is 26.8 Å². The molecule has 0 aliphatic rings. The van der Waals surface area contributed by atoms with Gasteiger partial charge in [-0.25, -0.2) is 4.79 Å². The highest BCUT2D eigenvalue weighted by molar-refractivity contribution is 14.1. The zero-order valence-electron chi connectivity index (χ0n) is 7.24. The van der Waals surface area contributed by atoms with Gasteiger partial charge in [0.15, 0.2) is 0 Å². The highest BCUT2D eigenvalue weighted by Gasteiger charge is 2.13. The van der Waals surface area contributed by atoms with E-state index in [1.54, 1.807) is 12.1 Å². The average Bonchev–Trinajstić information content (AvgIpc) is 2.20. The molecular formula is C9H6INO2S. The molecule has 0 spiro atoms. The Morgan fingerprint density at radius 1 is 1.64 bits per heavy atom. The molecule has 1 aromatic rings. The number of thiol groups is 1. The molecule has 72 valence electrons. The molecule has 0 saturated heterocycles. The largest absolute Gasteiger partial charge is 0.465 e. The van der Waals surface area contributed by atoms with Gasteiger partial charge in [0.25, 0.3) is 0 Å². The predicted molar refractivity (Wildman–Crippen MR) is 62.5 cm³/mol. The Bertz CT molecular complexity index is 426. The molecule has 0 bridgehead atoms. The van der Waals surface area contributed by atoms with Crippen molar-refractivity contribution in [3.8, 4) is 6.07 Å². The molecule has 5 heteroatoms. The highest BCUT2D eigenvalue weighted by atomic mass is 127. The molecule has 0 atom stereocenters. The van der Waals surface area contributed by atoms with Crippen molar-refractivity contribution in [3.63, 3.8) is 0 Å². The number of carbonyl (C=O) groups is 1. The van der Waals surface area contributed by atoms with E-state index in [0.717, 1.165) is 3.57 Å². The Kier molecular flexibility index (Phi) is 3.77. The first-order valence-electron chi connectivity index (χ1n) is 3.61. The molecule has 0 aliphatic carbocycles. The summed E-state index contributed by atoms with van der Waals surface area (Å²) < 4.78 is 5.37. The summed E-state index contributed by atoms with van der Waals surface area (Å²) in [5.41, 5.74) is 0.555. The number of nitrogens with zero attached hydrogens (tertiary/aromatic N) is 1. The third-order valence-electron chi connectivity index (χ3n) is 1.61. The van der Waals surface area contributed by atoms with E-state index >= 15 is 0 Å². The smallest absolute Gasteiger partial charge is 0.339 e. The topological polar surface area (TPSA) is 50.1 Å². The van der Waals surface area contributed by atoms with Crippen molar-refractivity contribution in [2.45, 2.75) is 4.90 Å². The molecule has 0 radical (unpaired) electrons. The third-order valence-corrected chi connectivity index (χ3v) is 3.30. The number of ether oxygens (including phenoxy) is 1. The van der Waals surface area contributed by atoms with E-state index in [0.29, 0.717) is 4.90 Å². The van der Waals surface area contributed by atoms with Crippen LogP contribution < -0.4 is 0 Å². The van der Waals surface area contributed by atoms with Crippen molar-refractivity contribution in [1.82, 2.24) is 0 Å². The lowest BCUT2D eigenvalue weighted by Crippen LogP contribution is -2.04. The quantitative estimate of drug-likeness (QED) is 0.491. The van der Waals surface area contributed by atoms with Gasteiger partial charge in [-0.15, -0.1) is 12.6 Å². The molecule has 0 aromatic heterocycles. The van der Waals surface area contributed by atoms with Gasteiger partial charge in [0.2, 0.25) is 0 Å². The van der Waals surface area contributed by atoms with Gasteiger partial charge in [-0.2, -0.15) is 5.26 Å². The Morgan fingerprint density at radius 3 is 2.79 bits per heavy atom. The van der Waals surface area contributed by atoms with Crippen LogP contribution in [0.2, 0.25) is 0 Å². The summed E-state index contributed by atoms with van der Waals surface area (Å²) in [6.45, 7) is 0. The van der Waals surface area contributed by atoms with Crippen LogP contribution in [-0.2, 0) is 4.74 Å². The van der Waals surface area contributed by atoms with Crippen molar-refractivity contribution in [2.24, 2.45) is 0 Å². The third kappa shape index (κ3) is 2.19. The minimum atomic E-state index is -0.507. The second-order valence-electron chi connectivity index (χ2n) is 2.45. The lowest BCUT2D eigenvalue weighted by molar-refractivity contribution is 0.0600. The predicted octanol–water partition coefficient (Wildman–Crippen LogP) is 2.24. The van der Waals surface area contributed by atoms with Crippen molar-refractivity contribution in [1.29, 1.82) is 5.26 Å². The van der Waals surface area contributed by atoms with E-state index in [1.165, 1.54) is 7.11 Å². The SMILES string of the molecule is COC(=O)c1cc(I)c(S)cc1C#N. The number of benzene rings is 1. The van der Waals surface area contributed by atoms with E-state index < -0.39 is 5.97 Å². The maximum absolute atomic E-state index is 11.3. The summed E-state index contributed by atoms with van der Waals surface area (Å²) in [5.74, 6) is -0.507. The van der Waals surface area contributed by atoms with Crippen molar-refractivity contribution >= 4 is 41.2 Å². The van der Waals surface area contributed by atoms with E-state index in [2.05, 4.69) is 17.4 Å². The molecule has 0 heterocycles. The number of methoxy groups -OCH3 is 1. The summed E-state index contributed by atoms with van der Waals surface area (Å²) in [6.07, 6.45) is 0. The molecule has 1 rings (SSSR count). The molecule has 0 aliphatic heterocycles. The van der Waals surface area contributed by atoms with Crippen LogP contribution in [0.4, 0.5) is 0 Å². The van der Waals surface area contributed by atoms with Gasteiger partial charge >= 0.3 is 5.97 Å². The Balaban J connectivity index is 3.36. The zero-order chi connectivity index (χ0) is 10.7. The molecule has 14 heavy (non-hydrogen) atoms. The Labute approximate surface area is 101 Å². The minimum Gasteiger partial charge on any atom is -0.465 e. The number of hydrogen-bond donors (Lipinski definition) is 1. The second kappa shape index (κ2) is 4.66. The number of nitriles is 1. The highest BCUT2D eigenvalue weighted by Crippen LogP contribution is 2.21. The first kappa shape index (κ1) is 11.3. The Morgan fingerprint density at radius 2 is 2.29 bits per heavy atom. The van der Waals surface area contributed by atoms with Gasteiger partial charge in [0.05, 0.1) is 18.2 Å². The van der Waals surface area contributed by atoms with Crippen LogP contribution in [-0.4, -0.2) is 13.1 Å². The molecule has 0 saturated carbocycles. The van der Waals surface area contributed by atoms with E-state index in [-0.39, 0.29) is 11.1 Å². The van der Waals surface area contributed by atoms with Crippen LogP contribution in [0.25, 0.3) is 0 Å². The molecule has 0 unspecified atom stereocenters. The fraction of sp³-hybridized carbons (Fsp3) is 0.111. The van der Waals surface area contributed by atoms with Gasteiger partial charge in [-0.3, -0.25) is 0 Å². The van der Waals surface area contributed by atoms with Crippen LogP contribution >= 0.6 is 35.2 Å². The first-order valence-corrected chi connectivity index (χ1v) is 5.13. The number of rotatable bonds is 1. The summed E-state index contributed by atoms with van der Waals surface area (Å²) in [6, 6.07) is 5.07. The summed E-state index contributed by atoms with van der Waals surface area (Å²) in [7, 11) is 1.28. The van der Waals surface area contributed by atoms with Crippen molar-refractivity contribution < 1.29 is 9.53 Å². The van der Waals surface area contributed by atoms with Gasteiger partial charge in [0.1, 0.15) is 6.07 Å². The number of halogens is 1. The lowest BCUT2D eigenvalue weighted by Gasteiger charge is -2.04. The molecule has 1 aromatic carbocycles. The van der Waals surface area contributed by atoms with E-state index in [9.17, 15) is 4.79 Å². The second-order valence-corrected chi connectivity index (χ2v) is 4.10. The molecule has 0 fully saturated rings. The van der Waals surface area contributed by atoms with Crippen LogP contribution in [0.15, 0.2) is 17.0 Å². The van der Waals surface area contributed by atoms with Crippen LogP contribution in [0.1, 0.15) is 15.9 Å². The fourth-order valence-corrected chi connectivity index (χ4v) is 1.59. The monoisotopic (exact) mass is 319 g/mol. The summed E-state index contributed by atoms with van der Waals surface area (Å²) in [4.78, 5) is 11.9. The molecule has 0 N–H and O–H groups in total.